The van der Waals surface area contributed by atoms with Crippen LogP contribution in [-0.4, -0.2) is 42.4 Å². The third kappa shape index (κ3) is 4.62. The highest BCUT2D eigenvalue weighted by molar-refractivity contribution is 4.92. The topological polar surface area (TPSA) is 92.6 Å². The monoisotopic (exact) mass is 297 g/mol. The average molecular weight is 297 g/mol. The Bertz CT molecular complexity index is 418. The van der Waals surface area contributed by atoms with Crippen LogP contribution in [0.4, 0.5) is 13.2 Å². The first-order valence-electron chi connectivity index (χ1n) is 5.98. The molecule has 1 aromatic heterocycles. The summed E-state index contributed by atoms with van der Waals surface area (Å²) in [6, 6.07) is -0.00981. The molecule has 0 unspecified atom stereocenters. The zero-order chi connectivity index (χ0) is 14.6. The molecule has 7 nitrogen and oxygen atoms in total. The molecule has 0 aromatic carbocycles. The number of nitrogens with two attached hydrogens (primary N) is 1. The van der Waals surface area contributed by atoms with Gasteiger partial charge in [-0.05, 0) is 12.8 Å². The zero-order valence-electron chi connectivity index (χ0n) is 10.4. The minimum Gasteiger partial charge on any atom is -0.447 e. The van der Waals surface area contributed by atoms with E-state index in [4.69, 9.17) is 19.6 Å². The van der Waals surface area contributed by atoms with E-state index in [2.05, 4.69) is 14.9 Å². The minimum atomic E-state index is -4.68. The molecule has 10 heteroatoms. The number of halogens is 3. The number of nitrogens with zero attached hydrogens (tertiary/aromatic N) is 2. The summed E-state index contributed by atoms with van der Waals surface area (Å²) in [6.45, 7) is -0.615. The van der Waals surface area contributed by atoms with Crippen molar-refractivity contribution in [3.63, 3.8) is 0 Å². The van der Waals surface area contributed by atoms with E-state index in [9.17, 15) is 13.2 Å². The molecule has 114 valence electrons. The highest BCUT2D eigenvalue weighted by Gasteiger charge is 2.29. The molecule has 0 radical (unpaired) electrons. The van der Waals surface area contributed by atoms with Crippen LogP contribution in [0, 0.1) is 0 Å². The first-order chi connectivity index (χ1) is 9.44. The quantitative estimate of drug-likeness (QED) is 0.815. The third-order valence-electron chi connectivity index (χ3n) is 2.58. The van der Waals surface area contributed by atoms with Crippen molar-refractivity contribution in [3.8, 4) is 6.08 Å². The fourth-order valence-electron chi connectivity index (χ4n) is 1.66. The van der Waals surface area contributed by atoms with Crippen LogP contribution in [0.1, 0.15) is 24.8 Å². The van der Waals surface area contributed by atoms with Gasteiger partial charge in [0.2, 0.25) is 5.89 Å². The highest BCUT2D eigenvalue weighted by Crippen LogP contribution is 2.27. The van der Waals surface area contributed by atoms with E-state index in [0.29, 0.717) is 13.0 Å². The van der Waals surface area contributed by atoms with Crippen LogP contribution in [0.3, 0.4) is 0 Å². The molecule has 0 aliphatic carbocycles. The lowest BCUT2D eigenvalue weighted by Crippen LogP contribution is -2.32. The molecule has 1 saturated heterocycles. The van der Waals surface area contributed by atoms with Gasteiger partial charge in [-0.3, -0.25) is 4.74 Å². The normalized spacial score (nSPS) is 23.8. The predicted molar refractivity (Wildman–Crippen MR) is 57.7 cm³/mol. The van der Waals surface area contributed by atoms with Crippen molar-refractivity contribution in [2.24, 2.45) is 5.73 Å². The van der Waals surface area contributed by atoms with Crippen LogP contribution in [-0.2, 0) is 9.47 Å². The molecule has 0 amide bonds. The minimum absolute atomic E-state index is 0.00981. The van der Waals surface area contributed by atoms with Crippen molar-refractivity contribution in [2.75, 3.05) is 19.8 Å². The van der Waals surface area contributed by atoms with Gasteiger partial charge in [-0.25, -0.2) is 0 Å². The van der Waals surface area contributed by atoms with Gasteiger partial charge in [-0.1, -0.05) is 5.10 Å². The number of ether oxygens (including phenoxy) is 3. The van der Waals surface area contributed by atoms with Crippen LogP contribution < -0.4 is 10.5 Å². The van der Waals surface area contributed by atoms with Crippen molar-refractivity contribution in [1.82, 2.24) is 10.2 Å². The van der Waals surface area contributed by atoms with E-state index in [1.54, 1.807) is 0 Å². The molecule has 2 rings (SSSR count). The fraction of sp³-hybridized carbons (Fsp3) is 0.800. The lowest BCUT2D eigenvalue weighted by atomic mass is 10.1. The molecular formula is C10H14F3N3O4. The van der Waals surface area contributed by atoms with Gasteiger partial charge in [0.15, 0.2) is 0 Å². The summed E-state index contributed by atoms with van der Waals surface area (Å²) in [4.78, 5) is 0. The van der Waals surface area contributed by atoms with Crippen LogP contribution in [0.2, 0.25) is 0 Å². The molecular weight excluding hydrogens is 283 g/mol. The molecule has 1 aromatic rings. The lowest BCUT2D eigenvalue weighted by Gasteiger charge is -2.23. The van der Waals surface area contributed by atoms with Gasteiger partial charge in [0, 0.05) is 6.04 Å². The maximum Gasteiger partial charge on any atom is 0.522 e. The van der Waals surface area contributed by atoms with Crippen molar-refractivity contribution < 1.29 is 31.8 Å². The summed E-state index contributed by atoms with van der Waals surface area (Å²) in [5.74, 6) is 0.226. The van der Waals surface area contributed by atoms with E-state index in [1.807, 2.05) is 0 Å². The van der Waals surface area contributed by atoms with Gasteiger partial charge < -0.3 is 19.6 Å². The largest absolute Gasteiger partial charge is 0.522 e. The zero-order valence-corrected chi connectivity index (χ0v) is 10.4. The van der Waals surface area contributed by atoms with Crippen LogP contribution >= 0.6 is 0 Å². The van der Waals surface area contributed by atoms with Gasteiger partial charge in [0.05, 0.1) is 13.2 Å². The summed E-state index contributed by atoms with van der Waals surface area (Å²) >= 11 is 0. The van der Waals surface area contributed by atoms with Gasteiger partial charge in [0.25, 0.3) is 0 Å². The maximum atomic E-state index is 11.7. The van der Waals surface area contributed by atoms with E-state index < -0.39 is 13.0 Å². The maximum absolute atomic E-state index is 11.7. The summed E-state index contributed by atoms with van der Waals surface area (Å²) < 4.78 is 54.0. The Morgan fingerprint density at radius 2 is 2.05 bits per heavy atom. The Kier molecular flexibility index (Phi) is 4.78. The predicted octanol–water partition coefficient (Wildman–Crippen LogP) is 1.16. The highest BCUT2D eigenvalue weighted by atomic mass is 19.4. The SMILES string of the molecule is N[C@@H]1CC[C@@H](c2nnc(OCCOC(F)(F)F)o2)OC1. The molecule has 0 spiro atoms. The van der Waals surface area contributed by atoms with Crippen LogP contribution in [0.5, 0.6) is 6.08 Å². The Labute approximate surface area is 112 Å². The van der Waals surface area contributed by atoms with Crippen molar-refractivity contribution in [3.05, 3.63) is 5.89 Å². The first kappa shape index (κ1) is 15.0. The number of hydrogen-bond donors (Lipinski definition) is 1. The van der Waals surface area contributed by atoms with E-state index in [0.717, 1.165) is 6.42 Å². The Balaban J connectivity index is 1.75. The Morgan fingerprint density at radius 1 is 1.25 bits per heavy atom. The van der Waals surface area contributed by atoms with E-state index in [1.165, 1.54) is 0 Å². The molecule has 0 bridgehead atoms. The average Bonchev–Trinajstić information content (AvgIpc) is 2.83. The summed E-state index contributed by atoms with van der Waals surface area (Å²) in [5.41, 5.74) is 5.67. The van der Waals surface area contributed by atoms with Gasteiger partial charge >= 0.3 is 12.4 Å². The van der Waals surface area contributed by atoms with Crippen molar-refractivity contribution >= 4 is 0 Å². The summed E-state index contributed by atoms with van der Waals surface area (Å²) in [5, 5.41) is 7.28. The Hall–Kier alpha value is -1.39. The Morgan fingerprint density at radius 3 is 2.70 bits per heavy atom. The molecule has 2 heterocycles. The molecule has 1 aliphatic rings. The molecule has 1 fully saturated rings. The lowest BCUT2D eigenvalue weighted by molar-refractivity contribution is -0.325. The van der Waals surface area contributed by atoms with E-state index >= 15 is 0 Å². The number of aromatic nitrogens is 2. The number of rotatable bonds is 5. The summed E-state index contributed by atoms with van der Waals surface area (Å²) in [6.07, 6.45) is -3.85. The number of alkyl halides is 3. The van der Waals surface area contributed by atoms with Crippen LogP contribution in [0.15, 0.2) is 4.42 Å². The van der Waals surface area contributed by atoms with Crippen LogP contribution in [0.25, 0.3) is 0 Å². The van der Waals surface area contributed by atoms with Crippen molar-refractivity contribution in [1.29, 1.82) is 0 Å². The van der Waals surface area contributed by atoms with Crippen molar-refractivity contribution in [2.45, 2.75) is 31.3 Å². The molecule has 2 atom stereocenters. The van der Waals surface area contributed by atoms with E-state index in [-0.39, 0.29) is 30.7 Å². The van der Waals surface area contributed by atoms with Gasteiger partial charge in [-0.2, -0.15) is 0 Å². The second-order valence-corrected chi connectivity index (χ2v) is 4.21. The molecule has 0 saturated carbocycles. The molecule has 2 N–H and O–H groups in total. The second kappa shape index (κ2) is 6.37. The molecule has 20 heavy (non-hydrogen) atoms. The summed E-state index contributed by atoms with van der Waals surface area (Å²) in [7, 11) is 0. The van der Waals surface area contributed by atoms with Gasteiger partial charge in [-0.15, -0.1) is 18.3 Å². The van der Waals surface area contributed by atoms with Gasteiger partial charge in [0.1, 0.15) is 12.7 Å². The fourth-order valence-corrected chi connectivity index (χ4v) is 1.66. The molecule has 1 aliphatic heterocycles. The second-order valence-electron chi connectivity index (χ2n) is 4.21. The number of hydrogen-bond acceptors (Lipinski definition) is 7. The third-order valence-corrected chi connectivity index (χ3v) is 2.58. The first-order valence-corrected chi connectivity index (χ1v) is 5.98. The standard InChI is InChI=1S/C10H14F3N3O4/c11-10(12,13)19-4-3-17-9-16-15-8(20-9)7-2-1-6(14)5-18-7/h6-7H,1-5,14H2/t6-,7+/m1/s1. The smallest absolute Gasteiger partial charge is 0.447 e.